The average molecular weight is 1310 g/mol. The van der Waals surface area contributed by atoms with Crippen molar-refractivity contribution in [3.63, 3.8) is 0 Å². The molecule has 1 aliphatic rings. The smallest absolute Gasteiger partial charge is 0.332 e. The van der Waals surface area contributed by atoms with E-state index < -0.39 is 33.2 Å². The lowest BCUT2D eigenvalue weighted by Crippen LogP contribution is -2.32. The molecule has 0 amide bonds. The molecule has 0 spiro atoms. The lowest BCUT2D eigenvalue weighted by atomic mass is 9.95. The molecule has 1 N–H and O–H groups in total. The highest BCUT2D eigenvalue weighted by molar-refractivity contribution is 5.77. The van der Waals surface area contributed by atoms with Gasteiger partial charge in [0.1, 0.15) is 45.2 Å². The van der Waals surface area contributed by atoms with Crippen molar-refractivity contribution in [3.8, 4) is 0 Å². The molecule has 1 aliphatic carbocycles. The van der Waals surface area contributed by atoms with Crippen molar-refractivity contribution in [2.24, 2.45) is 33.5 Å². The van der Waals surface area contributed by atoms with E-state index in [4.69, 9.17) is 52.5 Å². The summed E-state index contributed by atoms with van der Waals surface area (Å²) in [6, 6.07) is 0. The number of carbonyl (C=O) groups excluding carboxylic acids is 8. The molecule has 1 fully saturated rings. The van der Waals surface area contributed by atoms with Gasteiger partial charge in [-0.25, -0.2) is 24.0 Å². The van der Waals surface area contributed by atoms with E-state index in [0.717, 1.165) is 6.42 Å². The van der Waals surface area contributed by atoms with Crippen LogP contribution in [0, 0.1) is 33.5 Å². The van der Waals surface area contributed by atoms with Gasteiger partial charge in [-0.2, -0.15) is 0 Å². The first-order valence-electron chi connectivity index (χ1n) is 29.1. The third-order valence-electron chi connectivity index (χ3n) is 9.33. The molecule has 0 aromatic rings. The highest BCUT2D eigenvalue weighted by atomic mass is 16.6. The van der Waals surface area contributed by atoms with Crippen LogP contribution in [-0.4, -0.2) is 234 Å². The van der Waals surface area contributed by atoms with Crippen molar-refractivity contribution in [2.75, 3.05) is 164 Å². The van der Waals surface area contributed by atoms with E-state index in [1.807, 2.05) is 83.1 Å². The summed E-state index contributed by atoms with van der Waals surface area (Å²) < 4.78 is 80.4. The zero-order chi connectivity index (χ0) is 72.2. The zero-order valence-electron chi connectivity index (χ0n) is 60.1. The summed E-state index contributed by atoms with van der Waals surface area (Å²) in [4.78, 5) is 96.6. The second-order valence-corrected chi connectivity index (χ2v) is 23.4. The SMILES string of the molecule is C=CCOC(=O)C(C)(C)COC.CCCOC(=O)C(C)(C)COC.CCOC(=O)COC.COCC(=O)O.COCC(=O)OC.COCC(=O)OC(C)(C)C.COCC(=O)OC(C)C.COCC(C)(C)C(=O)OCC(C)C.COCC(C)(C)C(=O)OCC1CC1. The van der Waals surface area contributed by atoms with E-state index in [9.17, 15) is 43.2 Å². The molecule has 0 aromatic heterocycles. The number of carboxylic acid groups (broad SMARTS) is 1. The highest BCUT2D eigenvalue weighted by Crippen LogP contribution is 2.30. The largest absolute Gasteiger partial charge is 0.480 e. The van der Waals surface area contributed by atoms with Crippen LogP contribution in [0.1, 0.15) is 137 Å². The van der Waals surface area contributed by atoms with Crippen molar-refractivity contribution >= 4 is 53.7 Å². The maximum Gasteiger partial charge on any atom is 0.332 e. The van der Waals surface area contributed by atoms with E-state index in [1.165, 1.54) is 55.5 Å². The van der Waals surface area contributed by atoms with Gasteiger partial charge in [-0.15, -0.1) is 0 Å². The standard InChI is InChI=1S/C10H18O3.C10H20O3.C9H18O3.C9H16O3.C7H14O3.C6H12O3.C5H10O3.C4H8O3.C3H6O3/c1-10(2,7-12-3)9(11)13-6-8-4-5-8;1-8(2)6-13-9(11)10(3,4)7-12-5;2*1-5-6-12-8(10)9(2,3)7-11-4;1-7(2,3)10-6(8)5-9-4;1-5(2)9-6(7)4-8-3;1-3-8-5(6)4-7-2;1-6-3-4(5)7-2;1-6-2-3(4)5/h8H,4-7H2,1-3H3;8H,6-7H2,1-5H3;5-7H2,1-4H3;5H,1,6-7H2,2-4H3;5H2,1-4H3;5H,4H2,1-3H3;3-4H2,1-2H3;3H2,1-2H3;2H2,1H3,(H,4,5). The maximum absolute atomic E-state index is 11.5. The van der Waals surface area contributed by atoms with Gasteiger partial charge in [-0.05, 0) is 128 Å². The number of carbonyl (C=O) groups is 9. The Morgan fingerprint density at radius 3 is 1.10 bits per heavy atom. The molecule has 27 nitrogen and oxygen atoms in total. The Bertz CT molecular complexity index is 1790. The Hall–Kier alpha value is -5.39. The van der Waals surface area contributed by atoms with Gasteiger partial charge >= 0.3 is 53.7 Å². The van der Waals surface area contributed by atoms with Gasteiger partial charge in [0.2, 0.25) is 0 Å². The molecule has 0 heterocycles. The summed E-state index contributed by atoms with van der Waals surface area (Å²) in [5.41, 5.74) is -2.55. The summed E-state index contributed by atoms with van der Waals surface area (Å²) in [6.07, 6.45) is 4.76. The summed E-state index contributed by atoms with van der Waals surface area (Å²) in [7, 11) is 14.8. The maximum atomic E-state index is 11.5. The fourth-order valence-electron chi connectivity index (χ4n) is 5.03. The Balaban J connectivity index is -0.000000141. The van der Waals surface area contributed by atoms with E-state index in [0.29, 0.717) is 64.7 Å². The number of carboxylic acids is 1. The lowest BCUT2D eigenvalue weighted by molar-refractivity contribution is -0.159. The summed E-state index contributed by atoms with van der Waals surface area (Å²) in [5.74, 6) is -2.01. The van der Waals surface area contributed by atoms with E-state index >= 15 is 0 Å². The van der Waals surface area contributed by atoms with Crippen LogP contribution in [0.2, 0.25) is 0 Å². The van der Waals surface area contributed by atoms with E-state index in [2.05, 4.69) is 39.7 Å². The van der Waals surface area contributed by atoms with Crippen LogP contribution >= 0.6 is 0 Å². The van der Waals surface area contributed by atoms with Crippen molar-refractivity contribution in [1.29, 1.82) is 0 Å². The molecular formula is C63H122O27. The van der Waals surface area contributed by atoms with E-state index in [1.54, 1.807) is 69.1 Å². The summed E-state index contributed by atoms with van der Waals surface area (Å²) in [6.45, 7) is 38.5. The summed E-state index contributed by atoms with van der Waals surface area (Å²) in [5, 5.41) is 7.79. The Morgan fingerprint density at radius 2 is 0.822 bits per heavy atom. The minimum Gasteiger partial charge on any atom is -0.480 e. The highest BCUT2D eigenvalue weighted by Gasteiger charge is 2.33. The van der Waals surface area contributed by atoms with Gasteiger partial charge < -0.3 is 85.6 Å². The minimum absolute atomic E-state index is 0.0251. The first-order chi connectivity index (χ1) is 41.5. The molecule has 0 saturated heterocycles. The molecule has 0 atom stereocenters. The molecule has 0 unspecified atom stereocenters. The third kappa shape index (κ3) is 76.9. The fraction of sp³-hybridized carbons (Fsp3) is 0.825. The number of rotatable bonds is 32. The van der Waals surface area contributed by atoms with Crippen LogP contribution in [0.3, 0.4) is 0 Å². The number of ether oxygens (including phenoxy) is 17. The quantitative estimate of drug-likeness (QED) is 0.0382. The predicted molar refractivity (Wildman–Crippen MR) is 337 cm³/mol. The van der Waals surface area contributed by atoms with Gasteiger partial charge in [0.15, 0.2) is 0 Å². The molecule has 0 radical (unpaired) electrons. The molecule has 536 valence electrons. The second kappa shape index (κ2) is 62.4. The topological polar surface area (TPSA) is 331 Å². The third-order valence-corrected chi connectivity index (χ3v) is 9.33. The lowest BCUT2D eigenvalue weighted by Gasteiger charge is -2.21. The number of hydrogen-bond donors (Lipinski definition) is 1. The number of methoxy groups -OCH3 is 10. The average Bonchev–Trinajstić information content (AvgIpc) is 4.36. The van der Waals surface area contributed by atoms with Gasteiger partial charge in [0.25, 0.3) is 0 Å². The Morgan fingerprint density at radius 1 is 0.467 bits per heavy atom. The normalized spacial score (nSPS) is 11.3. The van der Waals surface area contributed by atoms with Gasteiger partial charge in [0, 0.05) is 64.0 Å². The van der Waals surface area contributed by atoms with Crippen LogP contribution < -0.4 is 0 Å². The fourth-order valence-corrected chi connectivity index (χ4v) is 5.03. The van der Waals surface area contributed by atoms with Crippen molar-refractivity contribution in [2.45, 2.75) is 149 Å². The monoisotopic (exact) mass is 1310 g/mol. The number of aliphatic carboxylic acids is 1. The molecule has 1 rings (SSSR count). The van der Waals surface area contributed by atoms with Crippen molar-refractivity contribution in [3.05, 3.63) is 12.7 Å². The second-order valence-electron chi connectivity index (χ2n) is 23.4. The van der Waals surface area contributed by atoms with Crippen LogP contribution in [0.5, 0.6) is 0 Å². The van der Waals surface area contributed by atoms with Gasteiger partial charge in [0.05, 0.1) is 87.7 Å². The van der Waals surface area contributed by atoms with Crippen LogP contribution in [0.25, 0.3) is 0 Å². The number of esters is 8. The van der Waals surface area contributed by atoms with Gasteiger partial charge in [-0.3, -0.25) is 19.2 Å². The van der Waals surface area contributed by atoms with Gasteiger partial charge in [-0.1, -0.05) is 33.4 Å². The molecule has 0 aliphatic heterocycles. The molecular weight excluding hydrogens is 1190 g/mol. The first kappa shape index (κ1) is 101. The Labute approximate surface area is 539 Å². The first-order valence-corrected chi connectivity index (χ1v) is 29.1. The van der Waals surface area contributed by atoms with Crippen LogP contribution in [0.4, 0.5) is 0 Å². The van der Waals surface area contributed by atoms with Crippen LogP contribution in [-0.2, 0) is 124 Å². The summed E-state index contributed by atoms with van der Waals surface area (Å²) >= 11 is 0. The molecule has 90 heavy (non-hydrogen) atoms. The van der Waals surface area contributed by atoms with Crippen molar-refractivity contribution < 1.29 is 129 Å². The molecule has 0 bridgehead atoms. The molecule has 27 heteroatoms. The molecule has 1 saturated carbocycles. The van der Waals surface area contributed by atoms with Crippen molar-refractivity contribution in [1.82, 2.24) is 0 Å². The van der Waals surface area contributed by atoms with Crippen LogP contribution in [0.15, 0.2) is 12.7 Å². The number of hydrogen-bond acceptors (Lipinski definition) is 26. The Kier molecular flexibility index (Phi) is 69.9. The minimum atomic E-state index is -0.933. The molecule has 0 aromatic carbocycles. The zero-order valence-corrected chi connectivity index (χ0v) is 60.1. The predicted octanol–water partition coefficient (Wildman–Crippen LogP) is 7.75. The van der Waals surface area contributed by atoms with E-state index in [-0.39, 0.29) is 93.5 Å².